The predicted molar refractivity (Wildman–Crippen MR) is 18.6 cm³/mol. The van der Waals surface area contributed by atoms with E-state index in [0.717, 1.165) is 0 Å². The SMILES string of the molecule is Fc1nc(F)[n+](F)c(F)n1.[Y]. The molecule has 0 aliphatic carbocycles. The molecular formula is C3F4N3Y+. The van der Waals surface area contributed by atoms with E-state index in [1.54, 1.807) is 0 Å². The van der Waals surface area contributed by atoms with E-state index in [-0.39, 0.29) is 32.7 Å². The zero-order valence-electron chi connectivity index (χ0n) is 4.93. The largest absolute Gasteiger partial charge is 0.466 e. The fraction of sp³-hybridized carbons (Fsp3) is 0. The second-order valence-electron chi connectivity index (χ2n) is 1.31. The Kier molecular flexibility index (Phi) is 3.95. The van der Waals surface area contributed by atoms with E-state index in [1.165, 1.54) is 0 Å². The third-order valence-electron chi connectivity index (χ3n) is 0.693. The number of halogens is 4. The van der Waals surface area contributed by atoms with Crippen LogP contribution in [0.2, 0.25) is 0 Å². The molecule has 0 saturated heterocycles. The second-order valence-corrected chi connectivity index (χ2v) is 1.31. The summed E-state index contributed by atoms with van der Waals surface area (Å²) in [5.74, 6) is 0. The Morgan fingerprint density at radius 2 is 1.36 bits per heavy atom. The van der Waals surface area contributed by atoms with Gasteiger partial charge in [-0.2, -0.15) is 0 Å². The van der Waals surface area contributed by atoms with Crippen molar-refractivity contribution in [1.29, 1.82) is 0 Å². The maximum Gasteiger partial charge on any atom is 0.466 e. The molecule has 0 bridgehead atoms. The summed E-state index contributed by atoms with van der Waals surface area (Å²) in [7, 11) is 0. The predicted octanol–water partition coefficient (Wildman–Crippen LogP) is -0.0885. The fourth-order valence-corrected chi connectivity index (χ4v) is 0.341. The van der Waals surface area contributed by atoms with Crippen molar-refractivity contribution in [1.82, 2.24) is 9.97 Å². The van der Waals surface area contributed by atoms with Crippen LogP contribution in [-0.4, -0.2) is 9.97 Å². The van der Waals surface area contributed by atoms with Crippen LogP contribution in [-0.2, 0) is 32.7 Å². The van der Waals surface area contributed by atoms with E-state index in [0.29, 0.717) is 0 Å². The van der Waals surface area contributed by atoms with Gasteiger partial charge in [0.2, 0.25) is 0 Å². The van der Waals surface area contributed by atoms with Gasteiger partial charge in [-0.15, -0.1) is 13.2 Å². The molecule has 0 atom stereocenters. The molecule has 1 radical (unpaired) electrons. The van der Waals surface area contributed by atoms with Gasteiger partial charge in [-0.1, -0.05) is 0 Å². The van der Waals surface area contributed by atoms with Crippen LogP contribution in [0.5, 0.6) is 0 Å². The molecule has 0 fully saturated rings. The van der Waals surface area contributed by atoms with E-state index in [4.69, 9.17) is 0 Å². The van der Waals surface area contributed by atoms with Crippen LogP contribution in [0.25, 0.3) is 0 Å². The average Bonchev–Trinajstić information content (AvgIpc) is 1.82. The zero-order chi connectivity index (χ0) is 7.72. The Morgan fingerprint density at radius 1 is 1.00 bits per heavy atom. The molecule has 0 unspecified atom stereocenters. The third kappa shape index (κ3) is 2.41. The van der Waals surface area contributed by atoms with Crippen molar-refractivity contribution in [3.05, 3.63) is 18.2 Å². The van der Waals surface area contributed by atoms with Crippen molar-refractivity contribution in [2.24, 2.45) is 0 Å². The summed E-state index contributed by atoms with van der Waals surface area (Å²) in [5, 5.41) is 0. The standard InChI is InChI=1S/C3F4N3.Y/c4-1-8-2(5)10(7)3(6)9-1;/q+1;. The topological polar surface area (TPSA) is 29.7 Å². The van der Waals surface area contributed by atoms with E-state index < -0.39 is 23.0 Å². The van der Waals surface area contributed by atoms with Crippen molar-refractivity contribution < 1.29 is 55.2 Å². The number of aromatic nitrogens is 3. The first kappa shape index (κ1) is 10.8. The second kappa shape index (κ2) is 4.01. The molecule has 8 heteroatoms. The van der Waals surface area contributed by atoms with Crippen molar-refractivity contribution in [2.45, 2.75) is 0 Å². The maximum absolute atomic E-state index is 11.8. The number of nitrogens with zero attached hydrogens (tertiary/aromatic N) is 3. The summed E-state index contributed by atoms with van der Waals surface area (Å²) in [6, 6.07) is 0. The smallest absolute Gasteiger partial charge is 0.129 e. The van der Waals surface area contributed by atoms with Gasteiger partial charge in [0.05, 0.1) is 0 Å². The van der Waals surface area contributed by atoms with Gasteiger partial charge in [0.25, 0.3) is 0 Å². The van der Waals surface area contributed by atoms with Crippen LogP contribution in [0.1, 0.15) is 0 Å². The molecule has 1 aromatic heterocycles. The van der Waals surface area contributed by atoms with Crippen LogP contribution in [0.4, 0.5) is 17.7 Å². The number of hydrogen-bond donors (Lipinski definition) is 0. The van der Waals surface area contributed by atoms with Crippen LogP contribution < -0.4 is 4.79 Å². The first-order valence-electron chi connectivity index (χ1n) is 2.08. The number of rotatable bonds is 0. The average molecular weight is 243 g/mol. The van der Waals surface area contributed by atoms with Gasteiger partial charge < -0.3 is 0 Å². The molecular weight excluding hydrogens is 243 g/mol. The summed E-state index contributed by atoms with van der Waals surface area (Å²) in [4.78, 5) is 3.37. The van der Waals surface area contributed by atoms with Crippen molar-refractivity contribution in [3.8, 4) is 0 Å². The molecule has 0 spiro atoms. The molecule has 1 rings (SSSR count). The third-order valence-corrected chi connectivity index (χ3v) is 0.693. The molecule has 1 heterocycles. The fourth-order valence-electron chi connectivity index (χ4n) is 0.341. The Bertz CT molecular complexity index is 244. The quantitative estimate of drug-likeness (QED) is 0.596. The Morgan fingerprint density at radius 3 is 1.73 bits per heavy atom. The van der Waals surface area contributed by atoms with Crippen molar-refractivity contribution >= 4 is 0 Å². The minimum Gasteiger partial charge on any atom is -0.129 e. The van der Waals surface area contributed by atoms with Crippen LogP contribution >= 0.6 is 0 Å². The molecule has 0 aliphatic rings. The van der Waals surface area contributed by atoms with E-state index in [9.17, 15) is 17.7 Å². The van der Waals surface area contributed by atoms with Gasteiger partial charge in [-0.3, -0.25) is 0 Å². The summed E-state index contributed by atoms with van der Waals surface area (Å²) in [5.41, 5.74) is 0. The van der Waals surface area contributed by atoms with Gasteiger partial charge in [0.15, 0.2) is 0 Å². The van der Waals surface area contributed by atoms with E-state index in [1.807, 2.05) is 0 Å². The summed E-state index contributed by atoms with van der Waals surface area (Å²) in [6.45, 7) is 0. The van der Waals surface area contributed by atoms with Gasteiger partial charge in [-0.25, -0.2) is 0 Å². The maximum atomic E-state index is 11.8. The van der Waals surface area contributed by atoms with E-state index >= 15 is 0 Å². The zero-order valence-corrected chi connectivity index (χ0v) is 7.77. The van der Waals surface area contributed by atoms with Crippen molar-refractivity contribution in [3.63, 3.8) is 0 Å². The van der Waals surface area contributed by atoms with Crippen LogP contribution in [0.3, 0.4) is 0 Å². The first-order valence-corrected chi connectivity index (χ1v) is 2.08. The van der Waals surface area contributed by atoms with E-state index in [2.05, 4.69) is 9.97 Å². The van der Waals surface area contributed by atoms with Crippen molar-refractivity contribution in [2.75, 3.05) is 0 Å². The molecule has 1 aromatic rings. The molecule has 57 valence electrons. The Hall–Kier alpha value is -0.166. The minimum absolute atomic E-state index is 0. The molecule has 3 nitrogen and oxygen atoms in total. The minimum atomic E-state index is -1.91. The molecule has 0 N–H and O–H groups in total. The van der Waals surface area contributed by atoms with Gasteiger partial charge in [0.1, 0.15) is 0 Å². The monoisotopic (exact) mass is 243 g/mol. The molecule has 0 amide bonds. The van der Waals surface area contributed by atoms with Crippen LogP contribution in [0.15, 0.2) is 0 Å². The summed E-state index contributed by atoms with van der Waals surface area (Å²) in [6.07, 6.45) is -5.47. The molecule has 11 heavy (non-hydrogen) atoms. The Balaban J connectivity index is 0.000001000. The Labute approximate surface area is 83.3 Å². The molecule has 0 saturated carbocycles. The summed E-state index contributed by atoms with van der Waals surface area (Å²) < 4.78 is 47.1. The first-order chi connectivity index (χ1) is 4.61. The molecule has 0 aliphatic heterocycles. The number of hydrogen-bond acceptors (Lipinski definition) is 2. The van der Waals surface area contributed by atoms with Crippen LogP contribution in [0, 0.1) is 18.2 Å². The van der Waals surface area contributed by atoms with Gasteiger partial charge in [-0.05, 0) is 14.4 Å². The molecule has 0 aromatic carbocycles. The van der Waals surface area contributed by atoms with Gasteiger partial charge >= 0.3 is 18.2 Å². The normalized spacial score (nSPS) is 9.09. The van der Waals surface area contributed by atoms with Gasteiger partial charge in [0, 0.05) is 37.5 Å². The summed E-state index contributed by atoms with van der Waals surface area (Å²) >= 11 is 0.